The molecule has 0 fully saturated rings. The van der Waals surface area contributed by atoms with Crippen molar-refractivity contribution in [2.45, 2.75) is 52.4 Å². The second-order valence-electron chi connectivity index (χ2n) is 19.2. The van der Waals surface area contributed by atoms with Crippen molar-refractivity contribution in [1.29, 1.82) is 0 Å². The van der Waals surface area contributed by atoms with Crippen LogP contribution in [0.25, 0.3) is 0 Å². The van der Waals surface area contributed by atoms with Crippen molar-refractivity contribution in [1.82, 2.24) is 0 Å². The van der Waals surface area contributed by atoms with E-state index in [1.807, 2.05) is 48.5 Å². The van der Waals surface area contributed by atoms with Crippen LogP contribution in [-0.2, 0) is 6.18 Å². The number of hydrogen-bond donors (Lipinski definition) is 9. The van der Waals surface area contributed by atoms with Gasteiger partial charge in [-0.2, -0.15) is 13.2 Å². The van der Waals surface area contributed by atoms with Crippen molar-refractivity contribution >= 4 is 133 Å². The molecule has 8 aromatic carbocycles. The van der Waals surface area contributed by atoms with E-state index in [2.05, 4.69) is 122 Å². The van der Waals surface area contributed by atoms with Gasteiger partial charge < -0.3 is 51.0 Å². The predicted molar refractivity (Wildman–Crippen MR) is 359 cm³/mol. The summed E-state index contributed by atoms with van der Waals surface area (Å²) in [5, 5.41) is 10.2. The molecule has 0 bridgehead atoms. The SMILES string of the molecule is CC#Cc1cc(N)ccc1F.C[Si](C)(C)C#Cc1cc(N)ccc1Br.C[Si](C)(C)C#Cc1cc(N)ccc1O.Nc1ccc(Br)cc1F.Nc1ccc(F)c(Cl)c1.Nc1cccc(Br)c1.Nc1cccc(C(F)(F)F)c1.Nc1cccc(Cl)c1. The molecule has 0 aromatic heterocycles. The molecule has 17 N–H and O–H groups in total. The normalized spacial score (nSPS) is 9.93. The maximum Gasteiger partial charge on any atom is 0.416 e. The van der Waals surface area contributed by atoms with Crippen LogP contribution in [0.2, 0.25) is 49.3 Å². The molecular weight excluding hydrogens is 1350 g/mol. The Kier molecular flexibility index (Phi) is 33.0. The summed E-state index contributed by atoms with van der Waals surface area (Å²) in [6.45, 7) is 14.8. The third-order valence-corrected chi connectivity index (χ3v) is 13.2. The second kappa shape index (κ2) is 37.1. The number of anilines is 8. The summed E-state index contributed by atoms with van der Waals surface area (Å²) in [7, 11) is -2.70. The first-order valence-corrected chi connectivity index (χ1v) is 34.7. The number of phenolic OH excluding ortho intramolecular Hbond substituents is 1. The lowest BCUT2D eigenvalue weighted by molar-refractivity contribution is -0.137. The monoisotopic (exact) mass is 1410 g/mol. The Bertz CT molecular complexity index is 3390. The lowest BCUT2D eigenvalue weighted by Gasteiger charge is -2.05. The van der Waals surface area contributed by atoms with Crippen molar-refractivity contribution in [3.8, 4) is 40.5 Å². The van der Waals surface area contributed by atoms with Gasteiger partial charge in [0.1, 0.15) is 39.3 Å². The fourth-order valence-electron chi connectivity index (χ4n) is 5.32. The highest BCUT2D eigenvalue weighted by atomic mass is 79.9. The van der Waals surface area contributed by atoms with Gasteiger partial charge >= 0.3 is 6.18 Å². The molecule has 0 aliphatic heterocycles. The van der Waals surface area contributed by atoms with Crippen molar-refractivity contribution in [2.75, 3.05) is 45.9 Å². The fraction of sp³-hybridized carbons (Fsp3) is 0.129. The van der Waals surface area contributed by atoms with Crippen LogP contribution in [0.5, 0.6) is 5.75 Å². The van der Waals surface area contributed by atoms with E-state index in [4.69, 9.17) is 69.1 Å². The molecule has 0 atom stereocenters. The van der Waals surface area contributed by atoms with Gasteiger partial charge in [0.05, 0.1) is 27.4 Å². The minimum absolute atomic E-state index is 0.0648. The highest BCUT2D eigenvalue weighted by Crippen LogP contribution is 2.30. The summed E-state index contributed by atoms with van der Waals surface area (Å²) in [5.41, 5.74) is 55.1. The van der Waals surface area contributed by atoms with Crippen LogP contribution in [0.3, 0.4) is 0 Å². The van der Waals surface area contributed by atoms with Crippen molar-refractivity contribution in [3.63, 3.8) is 0 Å². The molecule has 0 saturated carbocycles. The average Bonchev–Trinajstić information content (AvgIpc) is 3.48. The molecule has 84 heavy (non-hydrogen) atoms. The van der Waals surface area contributed by atoms with Crippen molar-refractivity contribution in [2.24, 2.45) is 0 Å². The lowest BCUT2D eigenvalue weighted by Crippen LogP contribution is -2.16. The van der Waals surface area contributed by atoms with Crippen molar-refractivity contribution < 1.29 is 31.4 Å². The summed E-state index contributed by atoms with van der Waals surface area (Å²) in [6.07, 6.45) is -4.30. The molecule has 8 rings (SSSR count). The maximum atomic E-state index is 12.8. The number of hydrogen-bond acceptors (Lipinski definition) is 9. The average molecular weight is 1420 g/mol. The van der Waals surface area contributed by atoms with Gasteiger partial charge in [0.15, 0.2) is 0 Å². The van der Waals surface area contributed by atoms with Gasteiger partial charge in [-0.25, -0.2) is 13.2 Å². The smallest absolute Gasteiger partial charge is 0.416 e. The van der Waals surface area contributed by atoms with E-state index in [0.717, 1.165) is 38.0 Å². The fourth-order valence-corrected chi connectivity index (χ4v) is 7.82. The van der Waals surface area contributed by atoms with Crippen LogP contribution in [0.4, 0.5) is 71.8 Å². The van der Waals surface area contributed by atoms with Crippen LogP contribution in [0.15, 0.2) is 177 Å². The quantitative estimate of drug-likeness (QED) is 0.0231. The Morgan fingerprint density at radius 1 is 0.440 bits per heavy atom. The van der Waals surface area contributed by atoms with Gasteiger partial charge in [-0.3, -0.25) is 0 Å². The van der Waals surface area contributed by atoms with E-state index in [9.17, 15) is 31.4 Å². The molecule has 0 amide bonds. The van der Waals surface area contributed by atoms with Crippen LogP contribution in [0.1, 0.15) is 29.2 Å². The number of aromatic hydroxyl groups is 1. The molecule has 9 nitrogen and oxygen atoms in total. The molecular formula is C62H65Br3Cl2F6N8OSi2. The van der Waals surface area contributed by atoms with Gasteiger partial charge in [-0.1, -0.05) is 130 Å². The van der Waals surface area contributed by atoms with E-state index in [1.165, 1.54) is 60.7 Å². The highest BCUT2D eigenvalue weighted by molar-refractivity contribution is 9.11. The summed E-state index contributed by atoms with van der Waals surface area (Å²) in [5.74, 6) is 10.4. The number of benzene rings is 8. The van der Waals surface area contributed by atoms with Gasteiger partial charge in [0.25, 0.3) is 0 Å². The second-order valence-corrected chi connectivity index (χ2v) is 32.2. The molecule has 444 valence electrons. The highest BCUT2D eigenvalue weighted by Gasteiger charge is 2.30. The topological polar surface area (TPSA) is 228 Å². The van der Waals surface area contributed by atoms with E-state index in [0.29, 0.717) is 43.4 Å². The van der Waals surface area contributed by atoms with Gasteiger partial charge in [-0.15, -0.1) is 17.0 Å². The number of alkyl halides is 3. The molecule has 0 saturated heterocycles. The zero-order chi connectivity index (χ0) is 64.0. The largest absolute Gasteiger partial charge is 0.507 e. The first kappa shape index (κ1) is 74.7. The number of nitrogen functional groups attached to an aromatic ring is 8. The van der Waals surface area contributed by atoms with Crippen LogP contribution >= 0.6 is 71.0 Å². The standard InChI is InChI=1S/C11H14BrNSi.C11H15NOSi.C9H8FN.C7H6F3N.C6H5BrFN.C6H6BrN.C6H5ClFN.C6H6ClN/c1-14(2,3)7-6-9-8-10(13)4-5-11(9)12;1-14(2,3)7-6-9-8-10(12)4-5-11(9)13;1-2-3-7-6-8(11)4-5-9(7)10;8-7(9,10)5-2-1-3-6(11)4-5;7-4-1-2-6(9)5(8)3-4;7-5-2-1-3-6(8)4-5;7-5-3-4(9)1-2-6(5)8;7-5-2-1-3-6(8)4-5/h4-5,8H,13H2,1-3H3;4-5,8,13H,12H2,1-3H3;4-6H,11H2,1H3;1-4H,11H2;1-3H,9H2;1-4H,8H2;1-3H,9H2;1-4H,8H2. The number of phenols is 1. The Morgan fingerprint density at radius 3 is 1.30 bits per heavy atom. The zero-order valence-corrected chi connectivity index (χ0v) is 55.1. The Morgan fingerprint density at radius 2 is 0.881 bits per heavy atom. The van der Waals surface area contributed by atoms with Crippen LogP contribution in [-0.4, -0.2) is 21.3 Å². The van der Waals surface area contributed by atoms with Gasteiger partial charge in [-0.05, 0) is 168 Å². The third-order valence-electron chi connectivity index (χ3n) is 9.22. The first-order valence-electron chi connectivity index (χ1n) is 24.5. The molecule has 0 radical (unpaired) electrons. The summed E-state index contributed by atoms with van der Waals surface area (Å²) in [6, 6.07) is 42.8. The molecule has 0 unspecified atom stereocenters. The van der Waals surface area contributed by atoms with Gasteiger partial charge in [0, 0.05) is 63.8 Å². The molecule has 0 aliphatic rings. The van der Waals surface area contributed by atoms with E-state index < -0.39 is 33.7 Å². The van der Waals surface area contributed by atoms with Crippen molar-refractivity contribution in [3.05, 3.63) is 227 Å². The first-order chi connectivity index (χ1) is 39.0. The number of nitrogens with two attached hydrogens (primary N) is 8. The maximum absolute atomic E-state index is 12.8. The summed E-state index contributed by atoms with van der Waals surface area (Å²) < 4.78 is 76.0. The lowest BCUT2D eigenvalue weighted by atomic mass is 10.2. The minimum Gasteiger partial charge on any atom is -0.507 e. The predicted octanol–water partition coefficient (Wildman–Crippen LogP) is 17.7. The van der Waals surface area contributed by atoms with E-state index in [-0.39, 0.29) is 33.8 Å². The molecule has 0 heterocycles. The van der Waals surface area contributed by atoms with E-state index in [1.54, 1.807) is 49.4 Å². The Hall–Kier alpha value is -7.33. The van der Waals surface area contributed by atoms with Crippen LogP contribution in [0, 0.1) is 52.2 Å². The Balaban J connectivity index is 0.000000484. The van der Waals surface area contributed by atoms with Crippen LogP contribution < -0.4 is 45.9 Å². The van der Waals surface area contributed by atoms with E-state index >= 15 is 0 Å². The summed E-state index contributed by atoms with van der Waals surface area (Å²) >= 11 is 20.8. The number of halogens is 11. The molecule has 8 aromatic rings. The summed E-state index contributed by atoms with van der Waals surface area (Å²) in [4.78, 5) is 0. The minimum atomic E-state index is -4.30. The van der Waals surface area contributed by atoms with Gasteiger partial charge in [0.2, 0.25) is 0 Å². The molecule has 0 aliphatic carbocycles. The number of rotatable bonds is 0. The molecule has 22 heteroatoms. The molecule has 0 spiro atoms. The third kappa shape index (κ3) is 34.3. The Labute approximate surface area is 525 Å². The zero-order valence-electron chi connectivity index (χ0n) is 46.8.